The van der Waals surface area contributed by atoms with Crippen molar-refractivity contribution in [1.29, 1.82) is 0 Å². The molecule has 1 unspecified atom stereocenters. The van der Waals surface area contributed by atoms with Crippen LogP contribution >= 0.6 is 0 Å². The van der Waals surface area contributed by atoms with Gasteiger partial charge in [0, 0.05) is 24.5 Å². The topological polar surface area (TPSA) is 60.9 Å². The molecule has 4 rings (SSSR count). The second kappa shape index (κ2) is 8.97. The van der Waals surface area contributed by atoms with Gasteiger partial charge in [-0.3, -0.25) is 9.78 Å². The van der Waals surface area contributed by atoms with Crippen molar-refractivity contribution in [3.8, 4) is 22.6 Å². The summed E-state index contributed by atoms with van der Waals surface area (Å²) in [6.07, 6.45) is 3.59. The number of morpholine rings is 1. The minimum atomic E-state index is -0.233. The number of nitrogens with zero attached hydrogens (tertiary/aromatic N) is 2. The molecule has 1 saturated heterocycles. The monoisotopic (exact) mass is 404 g/mol. The van der Waals surface area contributed by atoms with E-state index in [2.05, 4.69) is 4.98 Å². The summed E-state index contributed by atoms with van der Waals surface area (Å²) >= 11 is 0. The van der Waals surface area contributed by atoms with E-state index in [0.29, 0.717) is 13.2 Å². The van der Waals surface area contributed by atoms with Gasteiger partial charge in [-0.05, 0) is 47.0 Å². The van der Waals surface area contributed by atoms with E-state index in [1.54, 1.807) is 20.4 Å². The highest BCUT2D eigenvalue weighted by atomic mass is 16.5. The average molecular weight is 404 g/mol. The van der Waals surface area contributed by atoms with Gasteiger partial charge in [0.05, 0.1) is 26.9 Å². The molecule has 3 aromatic rings. The van der Waals surface area contributed by atoms with E-state index >= 15 is 0 Å². The maximum absolute atomic E-state index is 12.8. The van der Waals surface area contributed by atoms with E-state index < -0.39 is 0 Å². The molecule has 1 amide bonds. The molecule has 1 aliphatic heterocycles. The molecule has 154 valence electrons. The lowest BCUT2D eigenvalue weighted by Crippen LogP contribution is -2.43. The van der Waals surface area contributed by atoms with Crippen molar-refractivity contribution in [2.45, 2.75) is 12.6 Å². The molecule has 30 heavy (non-hydrogen) atoms. The molecular weight excluding hydrogens is 380 g/mol. The van der Waals surface area contributed by atoms with E-state index in [1.807, 2.05) is 65.7 Å². The first-order valence-corrected chi connectivity index (χ1v) is 9.78. The Kier molecular flexibility index (Phi) is 5.95. The van der Waals surface area contributed by atoms with Crippen molar-refractivity contribution < 1.29 is 19.0 Å². The van der Waals surface area contributed by atoms with Crippen molar-refractivity contribution in [1.82, 2.24) is 9.88 Å². The smallest absolute Gasteiger partial charge is 0.249 e. The number of aromatic nitrogens is 1. The van der Waals surface area contributed by atoms with Gasteiger partial charge in [-0.2, -0.15) is 0 Å². The zero-order valence-corrected chi connectivity index (χ0v) is 17.1. The van der Waals surface area contributed by atoms with Crippen LogP contribution in [0.25, 0.3) is 11.1 Å². The number of hydrogen-bond acceptors (Lipinski definition) is 5. The van der Waals surface area contributed by atoms with E-state index in [9.17, 15) is 4.79 Å². The fraction of sp³-hybridized carbons (Fsp3) is 0.250. The Morgan fingerprint density at radius 1 is 1.07 bits per heavy atom. The van der Waals surface area contributed by atoms with Gasteiger partial charge in [-0.25, -0.2) is 0 Å². The first kappa shape index (κ1) is 19.9. The van der Waals surface area contributed by atoms with E-state index in [1.165, 1.54) is 0 Å². The lowest BCUT2D eigenvalue weighted by atomic mass is 9.95. The molecule has 1 atom stereocenters. The average Bonchev–Trinajstić information content (AvgIpc) is 2.80. The van der Waals surface area contributed by atoms with Crippen LogP contribution in [0.4, 0.5) is 0 Å². The SMILES string of the molecule is COc1ccc(-c2ccncc2C2COCC(=O)N2Cc2cccc(OC)c2)cc1. The first-order chi connectivity index (χ1) is 14.7. The van der Waals surface area contributed by atoms with Crippen LogP contribution in [0, 0.1) is 0 Å². The Morgan fingerprint density at radius 3 is 2.63 bits per heavy atom. The minimum Gasteiger partial charge on any atom is -0.497 e. The Hall–Kier alpha value is -3.38. The number of carbonyl (C=O) groups excluding carboxylic acids is 1. The molecule has 1 fully saturated rings. The highest BCUT2D eigenvalue weighted by Gasteiger charge is 2.32. The Morgan fingerprint density at radius 2 is 1.87 bits per heavy atom. The Bertz CT molecular complexity index is 1020. The minimum absolute atomic E-state index is 0.0430. The molecule has 6 heteroatoms. The lowest BCUT2D eigenvalue weighted by Gasteiger charge is -2.36. The number of rotatable bonds is 6. The molecular formula is C24H24N2O4. The third-order valence-corrected chi connectivity index (χ3v) is 5.30. The van der Waals surface area contributed by atoms with E-state index in [0.717, 1.165) is 33.8 Å². The van der Waals surface area contributed by atoms with Crippen LogP contribution < -0.4 is 9.47 Å². The standard InChI is InChI=1S/C24H24N2O4/c1-28-19-8-6-18(7-9-19)21-10-11-25-13-22(21)23-15-30-16-24(27)26(23)14-17-4-3-5-20(12-17)29-2/h3-13,23H,14-16H2,1-2H3. The number of hydrogen-bond donors (Lipinski definition) is 0. The van der Waals surface area contributed by atoms with Gasteiger partial charge in [0.15, 0.2) is 0 Å². The molecule has 0 bridgehead atoms. The van der Waals surface area contributed by atoms with Crippen molar-refractivity contribution >= 4 is 5.91 Å². The Labute approximate surface area is 176 Å². The fourth-order valence-electron chi connectivity index (χ4n) is 3.73. The summed E-state index contributed by atoms with van der Waals surface area (Å²) in [6.45, 7) is 0.976. The van der Waals surface area contributed by atoms with Gasteiger partial charge in [-0.15, -0.1) is 0 Å². The van der Waals surface area contributed by atoms with Crippen molar-refractivity contribution in [2.24, 2.45) is 0 Å². The van der Waals surface area contributed by atoms with Crippen LogP contribution in [0.5, 0.6) is 11.5 Å². The quantitative estimate of drug-likeness (QED) is 0.624. The zero-order valence-electron chi connectivity index (χ0n) is 17.1. The highest BCUT2D eigenvalue weighted by molar-refractivity contribution is 5.79. The number of benzene rings is 2. The maximum Gasteiger partial charge on any atom is 0.249 e. The zero-order chi connectivity index (χ0) is 20.9. The van der Waals surface area contributed by atoms with Crippen LogP contribution in [0.1, 0.15) is 17.2 Å². The van der Waals surface area contributed by atoms with Crippen molar-refractivity contribution in [3.63, 3.8) is 0 Å². The summed E-state index contributed by atoms with van der Waals surface area (Å²) < 4.78 is 16.2. The fourth-order valence-corrected chi connectivity index (χ4v) is 3.73. The van der Waals surface area contributed by atoms with Gasteiger partial charge >= 0.3 is 0 Å². The molecule has 0 saturated carbocycles. The third-order valence-electron chi connectivity index (χ3n) is 5.30. The number of amides is 1. The normalized spacial score (nSPS) is 16.4. The predicted octanol–water partition coefficient (Wildman–Crippen LogP) is 3.87. The molecule has 0 radical (unpaired) electrons. The molecule has 2 aromatic carbocycles. The number of methoxy groups -OCH3 is 2. The second-order valence-corrected chi connectivity index (χ2v) is 7.10. The molecule has 2 heterocycles. The second-order valence-electron chi connectivity index (χ2n) is 7.10. The summed E-state index contributed by atoms with van der Waals surface area (Å²) in [5, 5.41) is 0. The largest absolute Gasteiger partial charge is 0.497 e. The third kappa shape index (κ3) is 4.14. The summed E-state index contributed by atoms with van der Waals surface area (Å²) in [5.41, 5.74) is 4.02. The van der Waals surface area contributed by atoms with E-state index in [4.69, 9.17) is 14.2 Å². The van der Waals surface area contributed by atoms with Crippen LogP contribution in [-0.4, -0.2) is 43.2 Å². The summed E-state index contributed by atoms with van der Waals surface area (Å²) in [4.78, 5) is 19.0. The molecule has 1 aromatic heterocycles. The van der Waals surface area contributed by atoms with Crippen molar-refractivity contribution in [2.75, 3.05) is 27.4 Å². The van der Waals surface area contributed by atoms with Gasteiger partial charge in [-0.1, -0.05) is 24.3 Å². The highest BCUT2D eigenvalue weighted by Crippen LogP contribution is 2.34. The number of carbonyl (C=O) groups is 1. The molecule has 0 aliphatic carbocycles. The maximum atomic E-state index is 12.8. The van der Waals surface area contributed by atoms with Crippen LogP contribution in [0.3, 0.4) is 0 Å². The van der Waals surface area contributed by atoms with Crippen LogP contribution in [-0.2, 0) is 16.1 Å². The van der Waals surface area contributed by atoms with Gasteiger partial charge in [0.2, 0.25) is 5.91 Å². The van der Waals surface area contributed by atoms with E-state index in [-0.39, 0.29) is 18.6 Å². The van der Waals surface area contributed by atoms with Crippen LogP contribution in [0.15, 0.2) is 67.0 Å². The van der Waals surface area contributed by atoms with Gasteiger partial charge in [0.25, 0.3) is 0 Å². The van der Waals surface area contributed by atoms with Crippen molar-refractivity contribution in [3.05, 3.63) is 78.1 Å². The molecule has 1 aliphatic rings. The van der Waals surface area contributed by atoms with Gasteiger partial charge in [0.1, 0.15) is 18.1 Å². The Balaban J connectivity index is 1.69. The predicted molar refractivity (Wildman–Crippen MR) is 113 cm³/mol. The van der Waals surface area contributed by atoms with Crippen LogP contribution in [0.2, 0.25) is 0 Å². The summed E-state index contributed by atoms with van der Waals surface area (Å²) in [7, 11) is 3.28. The lowest BCUT2D eigenvalue weighted by molar-refractivity contribution is -0.149. The van der Waals surface area contributed by atoms with Gasteiger partial charge < -0.3 is 19.1 Å². The summed E-state index contributed by atoms with van der Waals surface area (Å²) in [6, 6.07) is 17.4. The number of pyridine rings is 1. The summed E-state index contributed by atoms with van der Waals surface area (Å²) in [5.74, 6) is 1.52. The number of ether oxygens (including phenoxy) is 3. The first-order valence-electron chi connectivity index (χ1n) is 9.78. The molecule has 6 nitrogen and oxygen atoms in total. The molecule has 0 spiro atoms. The molecule has 0 N–H and O–H groups in total.